The number of carbonyl (C=O) groups is 1. The molecule has 1 saturated heterocycles. The number of nitrogens with two attached hydrogens (primary N) is 1. The molecular formula is C19H19ClFN5O2. The van der Waals surface area contributed by atoms with Crippen LogP contribution in [0.1, 0.15) is 5.56 Å². The van der Waals surface area contributed by atoms with Crippen LogP contribution in [-0.4, -0.2) is 53.8 Å². The van der Waals surface area contributed by atoms with Crippen LogP contribution in [0.25, 0.3) is 10.8 Å². The lowest BCUT2D eigenvalue weighted by Crippen LogP contribution is -2.49. The topological polar surface area (TPSA) is 95.0 Å². The Labute approximate surface area is 167 Å². The maximum atomic E-state index is 14.0. The van der Waals surface area contributed by atoms with Crippen LogP contribution in [-0.2, 0) is 9.53 Å². The van der Waals surface area contributed by atoms with Gasteiger partial charge >= 0.3 is 5.97 Å². The second-order valence-corrected chi connectivity index (χ2v) is 6.37. The molecule has 0 radical (unpaired) electrons. The van der Waals surface area contributed by atoms with E-state index in [0.717, 1.165) is 0 Å². The fourth-order valence-corrected chi connectivity index (χ4v) is 3.23. The fraction of sp³-hybridized carbons (Fsp3) is 0.211. The fourth-order valence-electron chi connectivity index (χ4n) is 3.23. The number of hydrogen-bond donors (Lipinski definition) is 2. The van der Waals surface area contributed by atoms with Crippen LogP contribution < -0.4 is 5.73 Å². The molecule has 2 aliphatic rings. The number of hydrogen-bond acceptors (Lipinski definition) is 5. The molecule has 0 saturated carbocycles. The van der Waals surface area contributed by atoms with Crippen molar-refractivity contribution in [2.45, 2.75) is 0 Å². The van der Waals surface area contributed by atoms with Crippen LogP contribution in [0, 0.1) is 11.2 Å². The molecular weight excluding hydrogens is 385 g/mol. The number of rotatable bonds is 2. The van der Waals surface area contributed by atoms with E-state index in [1.807, 2.05) is 4.90 Å². The minimum atomic E-state index is -0.535. The highest BCUT2D eigenvalue weighted by atomic mass is 35.5. The SMILES string of the molecule is Cl.N=C(N)N1CCN(/C=C2/N=C(c3ccc(F)c4ccccc34)OC2=O)CC1. The first-order valence-electron chi connectivity index (χ1n) is 8.56. The number of piperazine rings is 1. The quantitative estimate of drug-likeness (QED) is 0.346. The summed E-state index contributed by atoms with van der Waals surface area (Å²) in [6, 6.07) is 9.91. The number of carbonyl (C=O) groups excluding carboxylic acids is 1. The van der Waals surface area contributed by atoms with Crippen LogP contribution >= 0.6 is 12.4 Å². The van der Waals surface area contributed by atoms with Gasteiger partial charge in [0.15, 0.2) is 11.7 Å². The summed E-state index contributed by atoms with van der Waals surface area (Å²) in [7, 11) is 0. The van der Waals surface area contributed by atoms with Crippen LogP contribution in [0.5, 0.6) is 0 Å². The second-order valence-electron chi connectivity index (χ2n) is 6.37. The summed E-state index contributed by atoms with van der Waals surface area (Å²) < 4.78 is 19.3. The summed E-state index contributed by atoms with van der Waals surface area (Å²) in [5.41, 5.74) is 6.27. The van der Waals surface area contributed by atoms with Crippen LogP contribution in [0.4, 0.5) is 4.39 Å². The van der Waals surface area contributed by atoms with E-state index in [1.165, 1.54) is 6.07 Å². The number of nitrogens with one attached hydrogen (secondary N) is 1. The first-order valence-corrected chi connectivity index (χ1v) is 8.56. The van der Waals surface area contributed by atoms with E-state index < -0.39 is 5.97 Å². The van der Waals surface area contributed by atoms with Crippen molar-refractivity contribution in [2.75, 3.05) is 26.2 Å². The Morgan fingerprint density at radius 3 is 2.50 bits per heavy atom. The van der Waals surface area contributed by atoms with E-state index in [-0.39, 0.29) is 35.8 Å². The third-order valence-electron chi connectivity index (χ3n) is 4.68. The number of nitrogens with zero attached hydrogens (tertiary/aromatic N) is 3. The number of ether oxygens (including phenoxy) is 1. The van der Waals surface area contributed by atoms with Gasteiger partial charge in [-0.15, -0.1) is 12.4 Å². The van der Waals surface area contributed by atoms with Crippen molar-refractivity contribution >= 4 is 41.0 Å². The maximum Gasteiger partial charge on any atom is 0.365 e. The van der Waals surface area contributed by atoms with Crippen LogP contribution in [0.3, 0.4) is 0 Å². The van der Waals surface area contributed by atoms with Gasteiger partial charge in [0.1, 0.15) is 5.82 Å². The number of aliphatic imine (C=N–C) groups is 1. The molecule has 4 rings (SSSR count). The molecule has 1 fully saturated rings. The number of esters is 1. The van der Waals surface area contributed by atoms with Gasteiger partial charge < -0.3 is 20.3 Å². The number of guanidine groups is 1. The Bertz CT molecular complexity index is 999. The number of fused-ring (bicyclic) bond motifs is 1. The molecule has 0 atom stereocenters. The minimum Gasteiger partial charge on any atom is -0.402 e. The third kappa shape index (κ3) is 3.63. The van der Waals surface area contributed by atoms with Gasteiger partial charge in [0.25, 0.3) is 0 Å². The first-order chi connectivity index (χ1) is 13.0. The second kappa shape index (κ2) is 7.85. The number of benzene rings is 2. The van der Waals surface area contributed by atoms with Gasteiger partial charge in [-0.25, -0.2) is 14.2 Å². The molecule has 2 aromatic carbocycles. The van der Waals surface area contributed by atoms with E-state index >= 15 is 0 Å². The lowest BCUT2D eigenvalue weighted by atomic mass is 10.0. The summed E-state index contributed by atoms with van der Waals surface area (Å²) in [5, 5.41) is 8.55. The van der Waals surface area contributed by atoms with E-state index in [1.54, 1.807) is 41.4 Å². The van der Waals surface area contributed by atoms with Gasteiger partial charge in [0, 0.05) is 43.3 Å². The molecule has 0 spiro atoms. The van der Waals surface area contributed by atoms with Crippen LogP contribution in [0.2, 0.25) is 0 Å². The highest BCUT2D eigenvalue weighted by Crippen LogP contribution is 2.26. The summed E-state index contributed by atoms with van der Waals surface area (Å²) in [5.74, 6) is -0.651. The van der Waals surface area contributed by atoms with E-state index in [2.05, 4.69) is 4.99 Å². The van der Waals surface area contributed by atoms with Crippen molar-refractivity contribution in [3.8, 4) is 0 Å². The van der Waals surface area contributed by atoms with Crippen LogP contribution in [0.15, 0.2) is 53.3 Å². The third-order valence-corrected chi connectivity index (χ3v) is 4.68. The van der Waals surface area contributed by atoms with Crippen molar-refractivity contribution in [3.63, 3.8) is 0 Å². The van der Waals surface area contributed by atoms with Crippen molar-refractivity contribution in [1.82, 2.24) is 9.80 Å². The molecule has 28 heavy (non-hydrogen) atoms. The minimum absolute atomic E-state index is 0. The molecule has 2 aliphatic heterocycles. The molecule has 2 aromatic rings. The lowest BCUT2D eigenvalue weighted by Gasteiger charge is -2.34. The average Bonchev–Trinajstić information content (AvgIpc) is 3.03. The molecule has 0 bridgehead atoms. The molecule has 146 valence electrons. The van der Waals surface area contributed by atoms with Gasteiger partial charge in [-0.2, -0.15) is 0 Å². The monoisotopic (exact) mass is 403 g/mol. The molecule has 0 aromatic heterocycles. The van der Waals surface area contributed by atoms with Crippen molar-refractivity contribution in [1.29, 1.82) is 5.41 Å². The van der Waals surface area contributed by atoms with E-state index in [4.69, 9.17) is 15.9 Å². The van der Waals surface area contributed by atoms with Gasteiger partial charge in [0.2, 0.25) is 5.90 Å². The largest absolute Gasteiger partial charge is 0.402 e. The Hall–Kier alpha value is -3.13. The standard InChI is InChI=1S/C19H18FN5O2.ClH/c20-15-6-5-14(12-3-1-2-4-13(12)15)17-23-16(18(26)27-17)11-24-7-9-25(10-8-24)19(21)22;/h1-6,11H,7-10H2,(H3,21,22);1H/b16-11+;. The summed E-state index contributed by atoms with van der Waals surface area (Å²) in [6.45, 7) is 2.46. The Morgan fingerprint density at radius 2 is 1.82 bits per heavy atom. The maximum absolute atomic E-state index is 14.0. The summed E-state index contributed by atoms with van der Waals surface area (Å²) in [4.78, 5) is 20.3. The Morgan fingerprint density at radius 1 is 1.14 bits per heavy atom. The van der Waals surface area contributed by atoms with Crippen molar-refractivity contribution < 1.29 is 13.9 Å². The Kier molecular flexibility index (Phi) is 5.51. The Balaban J connectivity index is 0.00000225. The molecule has 3 N–H and O–H groups in total. The molecule has 2 heterocycles. The molecule has 9 heteroatoms. The van der Waals surface area contributed by atoms with Crippen molar-refractivity contribution in [3.05, 3.63) is 59.7 Å². The smallest absolute Gasteiger partial charge is 0.365 e. The number of cyclic esters (lactones) is 1. The molecule has 0 aliphatic carbocycles. The predicted octanol–water partition coefficient (Wildman–Crippen LogP) is 2.06. The van der Waals surface area contributed by atoms with Gasteiger partial charge in [-0.3, -0.25) is 5.41 Å². The zero-order valence-corrected chi connectivity index (χ0v) is 15.7. The highest BCUT2D eigenvalue weighted by Gasteiger charge is 2.27. The van der Waals surface area contributed by atoms with Crippen molar-refractivity contribution in [2.24, 2.45) is 10.7 Å². The average molecular weight is 404 g/mol. The summed E-state index contributed by atoms with van der Waals surface area (Å²) in [6.07, 6.45) is 1.67. The highest BCUT2D eigenvalue weighted by molar-refractivity contribution is 6.16. The zero-order valence-electron chi connectivity index (χ0n) is 14.9. The van der Waals surface area contributed by atoms with E-state index in [0.29, 0.717) is 42.5 Å². The molecule has 0 unspecified atom stereocenters. The molecule has 7 nitrogen and oxygen atoms in total. The van der Waals surface area contributed by atoms with Gasteiger partial charge in [0.05, 0.1) is 0 Å². The van der Waals surface area contributed by atoms with Gasteiger partial charge in [-0.1, -0.05) is 24.3 Å². The van der Waals surface area contributed by atoms with Gasteiger partial charge in [-0.05, 0) is 17.5 Å². The normalized spacial score (nSPS) is 18.1. The van der Waals surface area contributed by atoms with E-state index in [9.17, 15) is 9.18 Å². The predicted molar refractivity (Wildman–Crippen MR) is 107 cm³/mol. The lowest BCUT2D eigenvalue weighted by molar-refractivity contribution is -0.130. The number of halogens is 2. The first kappa shape index (κ1) is 19.6. The summed E-state index contributed by atoms with van der Waals surface area (Å²) >= 11 is 0. The molecule has 0 amide bonds. The zero-order chi connectivity index (χ0) is 19.0.